The number of allylic oxidation sites excluding steroid dienone is 8. The van der Waals surface area contributed by atoms with Crippen molar-refractivity contribution in [2.75, 3.05) is 28.4 Å². The molecule has 0 aromatic heterocycles. The third-order valence-electron chi connectivity index (χ3n) is 9.02. The van der Waals surface area contributed by atoms with Crippen LogP contribution in [-0.4, -0.2) is 45.6 Å². The summed E-state index contributed by atoms with van der Waals surface area (Å²) in [6, 6.07) is 31.7. The van der Waals surface area contributed by atoms with Crippen LogP contribution in [0.1, 0.15) is 0 Å². The van der Waals surface area contributed by atoms with E-state index in [9.17, 15) is 4.79 Å². The summed E-state index contributed by atoms with van der Waals surface area (Å²) in [5, 5.41) is 0. The van der Waals surface area contributed by atoms with Crippen LogP contribution >= 0.6 is 0 Å². The van der Waals surface area contributed by atoms with Gasteiger partial charge in [-0.15, -0.1) is 0 Å². The molecule has 2 atom stereocenters. The van der Waals surface area contributed by atoms with Gasteiger partial charge in [0, 0.05) is 95.8 Å². The van der Waals surface area contributed by atoms with Crippen molar-refractivity contribution in [2.45, 2.75) is 0 Å². The van der Waals surface area contributed by atoms with E-state index < -0.39 is 0 Å². The van der Waals surface area contributed by atoms with E-state index in [1.807, 2.05) is 109 Å². The van der Waals surface area contributed by atoms with Gasteiger partial charge in [-0.05, 0) is 48.5 Å². The third-order valence-corrected chi connectivity index (χ3v) is 9.02. The van der Waals surface area contributed by atoms with Gasteiger partial charge < -0.3 is 18.9 Å². The Morgan fingerprint density at radius 3 is 0.958 bits per heavy atom. The Kier molecular flexibility index (Phi) is 8.34. The minimum absolute atomic E-state index is 0.0469. The summed E-state index contributed by atoms with van der Waals surface area (Å²) in [7, 11) is 6.63. The van der Waals surface area contributed by atoms with Crippen molar-refractivity contribution in [2.24, 2.45) is 11.8 Å². The Morgan fingerprint density at radius 2 is 0.708 bits per heavy atom. The minimum Gasteiger partial charge on any atom is -0.497 e. The number of ketones is 1. The number of methoxy groups -OCH3 is 4. The first-order chi connectivity index (χ1) is 23.5. The summed E-state index contributed by atoms with van der Waals surface area (Å²) in [5.74, 6) is 3.06. The molecule has 0 spiro atoms. The highest BCUT2D eigenvalue weighted by molar-refractivity contribution is 6.23. The van der Waals surface area contributed by atoms with E-state index in [1.165, 1.54) is 0 Å². The molecule has 0 aliphatic heterocycles. The lowest BCUT2D eigenvalue weighted by Gasteiger charge is -2.18. The summed E-state index contributed by atoms with van der Waals surface area (Å²) in [6.45, 7) is 0. The Bertz CT molecular complexity index is 1800. The standard InChI is InChI=1S/C41H36N2O5/c1-45-33-15-5-27(6-16-33)42(28-7-17-34(46-2)18-8-28)31-13-23-37-38-24-14-32(26-40(38)41(44)39(37)25-31)43(29-9-19-35(47-3)20-10-29)30-11-21-36(48-4)22-12-30/h5-26,37-38H,1-4H3/q+2. The molecule has 48 heavy (non-hydrogen) atoms. The summed E-state index contributed by atoms with van der Waals surface area (Å²) in [5.41, 5.74) is 7.15. The summed E-state index contributed by atoms with van der Waals surface area (Å²) < 4.78 is 26.0. The van der Waals surface area contributed by atoms with Crippen LogP contribution in [0.15, 0.2) is 145 Å². The van der Waals surface area contributed by atoms with Crippen LogP contribution in [0, 0.1) is 11.8 Å². The zero-order chi connectivity index (χ0) is 33.2. The highest BCUT2D eigenvalue weighted by atomic mass is 16.5. The molecule has 0 saturated heterocycles. The van der Waals surface area contributed by atoms with Gasteiger partial charge in [0.05, 0.1) is 28.4 Å². The Balaban J connectivity index is 1.33. The van der Waals surface area contributed by atoms with Gasteiger partial charge >= 0.3 is 0 Å². The van der Waals surface area contributed by atoms with E-state index in [4.69, 9.17) is 18.9 Å². The number of hydrogen-bond acceptors (Lipinski definition) is 5. The first kappa shape index (κ1) is 30.7. The number of Topliss-reactive ketones (excluding diaryl/α,β-unsaturated/α-hetero) is 1. The zero-order valence-corrected chi connectivity index (χ0v) is 27.3. The molecule has 0 heterocycles. The molecule has 7 heteroatoms. The number of fused-ring (bicyclic) bond motifs is 3. The van der Waals surface area contributed by atoms with Crippen molar-refractivity contribution in [1.82, 2.24) is 9.15 Å². The Hall–Kier alpha value is -5.95. The predicted molar refractivity (Wildman–Crippen MR) is 191 cm³/mol. The summed E-state index contributed by atoms with van der Waals surface area (Å²) in [6.07, 6.45) is 12.6. The van der Waals surface area contributed by atoms with Crippen LogP contribution in [0.3, 0.4) is 0 Å². The number of rotatable bonds is 8. The molecule has 238 valence electrons. The molecule has 2 unspecified atom stereocenters. The molecule has 0 bridgehead atoms. The van der Waals surface area contributed by atoms with Gasteiger partial charge in [-0.3, -0.25) is 4.79 Å². The molecule has 3 aliphatic carbocycles. The fourth-order valence-electron chi connectivity index (χ4n) is 6.54. The van der Waals surface area contributed by atoms with Gasteiger partial charge in [-0.2, -0.15) is 9.15 Å². The van der Waals surface area contributed by atoms with Gasteiger partial charge in [0.2, 0.25) is 34.2 Å². The van der Waals surface area contributed by atoms with Gasteiger partial charge in [0.25, 0.3) is 0 Å². The van der Waals surface area contributed by atoms with Crippen molar-refractivity contribution in [3.63, 3.8) is 0 Å². The normalized spacial score (nSPS) is 17.6. The van der Waals surface area contributed by atoms with Crippen molar-refractivity contribution in [3.05, 3.63) is 145 Å². The van der Waals surface area contributed by atoms with Crippen LogP contribution in [0.4, 0.5) is 22.7 Å². The molecule has 4 aromatic rings. The van der Waals surface area contributed by atoms with E-state index in [0.717, 1.165) is 68.3 Å². The van der Waals surface area contributed by atoms with Crippen molar-refractivity contribution >= 4 is 40.0 Å². The van der Waals surface area contributed by atoms with E-state index >= 15 is 0 Å². The lowest BCUT2D eigenvalue weighted by molar-refractivity contribution is -0.111. The number of benzene rings is 4. The van der Waals surface area contributed by atoms with Crippen LogP contribution in [-0.2, 0) is 4.79 Å². The maximum atomic E-state index is 14.3. The SMILES string of the molecule is COc1ccc([N+](=C2C=CC3C(=C2)C(=O)C2=CC(=[N+](c4ccc(OC)cc4)c4ccc(OC)cc4)C=CC23)c2ccc(OC)cc2)cc1. The smallest absolute Gasteiger partial charge is 0.212 e. The second-order valence-corrected chi connectivity index (χ2v) is 11.6. The van der Waals surface area contributed by atoms with Crippen LogP contribution in [0.5, 0.6) is 23.0 Å². The summed E-state index contributed by atoms with van der Waals surface area (Å²) in [4.78, 5) is 14.3. The number of carbonyl (C=O) groups is 1. The average molecular weight is 637 g/mol. The molecular weight excluding hydrogens is 600 g/mol. The van der Waals surface area contributed by atoms with Gasteiger partial charge in [-0.25, -0.2) is 0 Å². The highest BCUT2D eigenvalue weighted by Crippen LogP contribution is 2.44. The van der Waals surface area contributed by atoms with Crippen LogP contribution in [0.25, 0.3) is 0 Å². The molecule has 7 nitrogen and oxygen atoms in total. The largest absolute Gasteiger partial charge is 0.497 e. The molecule has 3 aliphatic rings. The summed E-state index contributed by atoms with van der Waals surface area (Å²) >= 11 is 0. The molecule has 7 rings (SSSR count). The van der Waals surface area contributed by atoms with E-state index in [-0.39, 0.29) is 17.6 Å². The molecule has 1 saturated carbocycles. The van der Waals surface area contributed by atoms with Crippen molar-refractivity contribution in [3.8, 4) is 23.0 Å². The Morgan fingerprint density at radius 1 is 0.438 bits per heavy atom. The number of carbonyl (C=O) groups excluding carboxylic acids is 1. The van der Waals surface area contributed by atoms with E-state index in [1.54, 1.807) is 28.4 Å². The number of ether oxygens (including phenoxy) is 4. The molecular formula is C41H36N2O5+2. The maximum Gasteiger partial charge on any atom is 0.212 e. The van der Waals surface area contributed by atoms with Crippen LogP contribution in [0.2, 0.25) is 0 Å². The van der Waals surface area contributed by atoms with E-state index in [0.29, 0.717) is 0 Å². The first-order valence-electron chi connectivity index (χ1n) is 15.8. The topological polar surface area (TPSA) is 60.0 Å². The second kappa shape index (κ2) is 13.0. The van der Waals surface area contributed by atoms with Crippen molar-refractivity contribution < 1.29 is 23.7 Å². The zero-order valence-electron chi connectivity index (χ0n) is 27.3. The average Bonchev–Trinajstić information content (AvgIpc) is 3.43. The van der Waals surface area contributed by atoms with Crippen LogP contribution < -0.4 is 28.1 Å². The lowest BCUT2D eigenvalue weighted by atomic mass is 9.85. The molecule has 1 fully saturated rings. The Labute approximate surface area is 280 Å². The fraction of sp³-hybridized carbons (Fsp3) is 0.146. The third kappa shape index (κ3) is 5.64. The predicted octanol–water partition coefficient (Wildman–Crippen LogP) is 7.78. The minimum atomic E-state index is -0.0469. The monoisotopic (exact) mass is 636 g/mol. The fourth-order valence-corrected chi connectivity index (χ4v) is 6.54. The molecule has 0 amide bonds. The first-order valence-corrected chi connectivity index (χ1v) is 15.8. The lowest BCUT2D eigenvalue weighted by Crippen LogP contribution is -2.20. The van der Waals surface area contributed by atoms with Gasteiger partial charge in [-0.1, -0.05) is 12.2 Å². The quantitative estimate of drug-likeness (QED) is 0.185. The number of nitrogens with zero attached hydrogens (tertiary/aromatic N) is 2. The maximum absolute atomic E-state index is 14.3. The highest BCUT2D eigenvalue weighted by Gasteiger charge is 2.44. The molecule has 0 N–H and O–H groups in total. The molecule has 4 aromatic carbocycles. The van der Waals surface area contributed by atoms with Gasteiger partial charge in [0.15, 0.2) is 5.78 Å². The van der Waals surface area contributed by atoms with Gasteiger partial charge in [0.1, 0.15) is 23.0 Å². The second-order valence-electron chi connectivity index (χ2n) is 11.6. The number of hydrogen-bond donors (Lipinski definition) is 0. The molecule has 0 radical (unpaired) electrons. The van der Waals surface area contributed by atoms with Crippen molar-refractivity contribution in [1.29, 1.82) is 0 Å². The van der Waals surface area contributed by atoms with E-state index in [2.05, 4.69) is 33.5 Å².